The number of nitrogens with one attached hydrogen (secondary N) is 1. The van der Waals surface area contributed by atoms with Gasteiger partial charge in [-0.15, -0.1) is 0 Å². The predicted molar refractivity (Wildman–Crippen MR) is 82.7 cm³/mol. The maximum Gasteiger partial charge on any atom is 0.303 e. The molecule has 3 amide bonds. The standard InChI is InChI=1S/C17H18N2O5/c1-9(24-10(2)20)11-3-4-12-8-19(17(23)13(12)7-11)14-5-6-15(21)18-16(14)22/h3-4,7,9,14H,5-6,8H2,1-2H3,(H,18,21,22). The summed E-state index contributed by atoms with van der Waals surface area (Å²) >= 11 is 0. The zero-order chi connectivity index (χ0) is 17.4. The predicted octanol–water partition coefficient (Wildman–Crippen LogP) is 1.07. The van der Waals surface area contributed by atoms with Crippen LogP contribution in [0.4, 0.5) is 0 Å². The van der Waals surface area contributed by atoms with E-state index < -0.39 is 18.1 Å². The van der Waals surface area contributed by atoms with Crippen molar-refractivity contribution in [2.75, 3.05) is 0 Å². The van der Waals surface area contributed by atoms with Gasteiger partial charge in [-0.1, -0.05) is 12.1 Å². The van der Waals surface area contributed by atoms with Gasteiger partial charge < -0.3 is 9.64 Å². The molecular formula is C17H18N2O5. The van der Waals surface area contributed by atoms with E-state index in [4.69, 9.17) is 4.74 Å². The van der Waals surface area contributed by atoms with E-state index in [0.717, 1.165) is 11.1 Å². The maximum atomic E-state index is 12.7. The van der Waals surface area contributed by atoms with Crippen LogP contribution >= 0.6 is 0 Å². The Morgan fingerprint density at radius 2 is 2.08 bits per heavy atom. The molecule has 2 heterocycles. The number of amides is 3. The second-order valence-electron chi connectivity index (χ2n) is 6.07. The van der Waals surface area contributed by atoms with Crippen LogP contribution in [0, 0.1) is 0 Å². The summed E-state index contributed by atoms with van der Waals surface area (Å²) < 4.78 is 5.14. The van der Waals surface area contributed by atoms with Gasteiger partial charge >= 0.3 is 5.97 Å². The van der Waals surface area contributed by atoms with Crippen molar-refractivity contribution < 1.29 is 23.9 Å². The number of carbonyl (C=O) groups excluding carboxylic acids is 4. The third kappa shape index (κ3) is 2.89. The second-order valence-corrected chi connectivity index (χ2v) is 6.07. The normalized spacial score (nSPS) is 21.3. The fourth-order valence-electron chi connectivity index (χ4n) is 3.14. The van der Waals surface area contributed by atoms with Gasteiger partial charge in [0, 0.05) is 25.5 Å². The number of rotatable bonds is 3. The quantitative estimate of drug-likeness (QED) is 0.661. The van der Waals surface area contributed by atoms with Crippen LogP contribution in [0.25, 0.3) is 0 Å². The van der Waals surface area contributed by atoms with Crippen molar-refractivity contribution in [1.82, 2.24) is 10.2 Å². The minimum atomic E-state index is -0.628. The zero-order valence-electron chi connectivity index (χ0n) is 13.5. The van der Waals surface area contributed by atoms with Crippen molar-refractivity contribution in [3.05, 3.63) is 34.9 Å². The zero-order valence-corrected chi connectivity index (χ0v) is 13.5. The molecule has 2 aliphatic heterocycles. The van der Waals surface area contributed by atoms with Gasteiger partial charge in [0.25, 0.3) is 5.91 Å². The monoisotopic (exact) mass is 330 g/mol. The fraction of sp³-hybridized carbons (Fsp3) is 0.412. The summed E-state index contributed by atoms with van der Waals surface area (Å²) in [4.78, 5) is 48.5. The first-order valence-corrected chi connectivity index (χ1v) is 7.81. The van der Waals surface area contributed by atoms with Crippen molar-refractivity contribution in [3.63, 3.8) is 0 Å². The Hall–Kier alpha value is -2.70. The molecule has 1 aromatic rings. The molecule has 0 aliphatic carbocycles. The third-order valence-corrected chi connectivity index (χ3v) is 4.36. The van der Waals surface area contributed by atoms with Gasteiger partial charge in [-0.05, 0) is 30.5 Å². The van der Waals surface area contributed by atoms with Crippen LogP contribution in [0.2, 0.25) is 0 Å². The molecule has 24 heavy (non-hydrogen) atoms. The van der Waals surface area contributed by atoms with Crippen LogP contribution in [0.1, 0.15) is 54.3 Å². The molecule has 1 saturated heterocycles. The molecule has 1 N–H and O–H groups in total. The first-order chi connectivity index (χ1) is 11.4. The topological polar surface area (TPSA) is 92.8 Å². The third-order valence-electron chi connectivity index (χ3n) is 4.36. The Morgan fingerprint density at radius 1 is 1.33 bits per heavy atom. The average molecular weight is 330 g/mol. The summed E-state index contributed by atoms with van der Waals surface area (Å²) in [5.74, 6) is -1.37. The molecule has 2 unspecified atom stereocenters. The molecule has 0 aromatic heterocycles. The lowest BCUT2D eigenvalue weighted by Crippen LogP contribution is -2.52. The van der Waals surface area contributed by atoms with Gasteiger partial charge in [0.05, 0.1) is 0 Å². The van der Waals surface area contributed by atoms with Gasteiger partial charge in [-0.3, -0.25) is 24.5 Å². The van der Waals surface area contributed by atoms with E-state index in [-0.39, 0.29) is 24.2 Å². The molecule has 7 heteroatoms. The molecule has 1 fully saturated rings. The molecule has 0 bridgehead atoms. The molecule has 0 radical (unpaired) electrons. The number of imide groups is 1. The molecule has 1 aromatic carbocycles. The highest BCUT2D eigenvalue weighted by molar-refractivity contribution is 6.05. The van der Waals surface area contributed by atoms with Gasteiger partial charge in [-0.2, -0.15) is 0 Å². The minimum absolute atomic E-state index is 0.227. The average Bonchev–Trinajstić information content (AvgIpc) is 2.83. The summed E-state index contributed by atoms with van der Waals surface area (Å²) in [7, 11) is 0. The van der Waals surface area contributed by atoms with E-state index in [1.807, 2.05) is 12.1 Å². The largest absolute Gasteiger partial charge is 0.458 e. The van der Waals surface area contributed by atoms with Gasteiger partial charge in [0.2, 0.25) is 11.8 Å². The van der Waals surface area contributed by atoms with Crippen LogP contribution in [0.15, 0.2) is 18.2 Å². The van der Waals surface area contributed by atoms with E-state index in [9.17, 15) is 19.2 Å². The first-order valence-electron chi connectivity index (χ1n) is 7.81. The number of ether oxygens (including phenoxy) is 1. The van der Waals surface area contributed by atoms with E-state index in [1.165, 1.54) is 11.8 Å². The van der Waals surface area contributed by atoms with Crippen molar-refractivity contribution in [3.8, 4) is 0 Å². The number of fused-ring (bicyclic) bond motifs is 1. The highest BCUT2D eigenvalue weighted by Gasteiger charge is 2.39. The molecule has 2 aliphatic rings. The highest BCUT2D eigenvalue weighted by Crippen LogP contribution is 2.30. The molecular weight excluding hydrogens is 312 g/mol. The van der Waals surface area contributed by atoms with E-state index in [0.29, 0.717) is 18.5 Å². The Labute approximate surface area is 139 Å². The Kier molecular flexibility index (Phi) is 4.09. The lowest BCUT2D eigenvalue weighted by Gasteiger charge is -2.29. The Bertz CT molecular complexity index is 742. The number of benzene rings is 1. The fourth-order valence-corrected chi connectivity index (χ4v) is 3.14. The van der Waals surface area contributed by atoms with Crippen LogP contribution in [0.5, 0.6) is 0 Å². The molecule has 2 atom stereocenters. The number of nitrogens with zero attached hydrogens (tertiary/aromatic N) is 1. The number of esters is 1. The minimum Gasteiger partial charge on any atom is -0.458 e. The van der Waals surface area contributed by atoms with Crippen molar-refractivity contribution in [2.24, 2.45) is 0 Å². The van der Waals surface area contributed by atoms with Crippen molar-refractivity contribution >= 4 is 23.7 Å². The molecule has 126 valence electrons. The lowest BCUT2D eigenvalue weighted by molar-refractivity contribution is -0.145. The number of carbonyl (C=O) groups is 4. The van der Waals surface area contributed by atoms with Crippen molar-refractivity contribution in [2.45, 2.75) is 45.4 Å². The van der Waals surface area contributed by atoms with Crippen molar-refractivity contribution in [1.29, 1.82) is 0 Å². The molecule has 3 rings (SSSR count). The first kappa shape index (κ1) is 16.2. The van der Waals surface area contributed by atoms with Gasteiger partial charge in [0.15, 0.2) is 0 Å². The van der Waals surface area contributed by atoms with Crippen LogP contribution in [0.3, 0.4) is 0 Å². The van der Waals surface area contributed by atoms with Gasteiger partial charge in [0.1, 0.15) is 12.1 Å². The summed E-state index contributed by atoms with van der Waals surface area (Å²) in [6.07, 6.45) is 0.108. The maximum absolute atomic E-state index is 12.7. The molecule has 0 saturated carbocycles. The summed E-state index contributed by atoms with van der Waals surface area (Å²) in [6.45, 7) is 3.41. The van der Waals surface area contributed by atoms with Gasteiger partial charge in [-0.25, -0.2) is 0 Å². The Balaban J connectivity index is 1.82. The van der Waals surface area contributed by atoms with E-state index in [2.05, 4.69) is 5.32 Å². The van der Waals surface area contributed by atoms with Crippen LogP contribution in [-0.2, 0) is 25.7 Å². The summed E-state index contributed by atoms with van der Waals surface area (Å²) in [6, 6.07) is 4.70. The Morgan fingerprint density at radius 3 is 2.75 bits per heavy atom. The van der Waals surface area contributed by atoms with E-state index >= 15 is 0 Å². The summed E-state index contributed by atoms with van der Waals surface area (Å²) in [5, 5.41) is 2.28. The number of hydrogen-bond acceptors (Lipinski definition) is 5. The lowest BCUT2D eigenvalue weighted by atomic mass is 10.0. The number of hydrogen-bond donors (Lipinski definition) is 1. The molecule has 7 nitrogen and oxygen atoms in total. The van der Waals surface area contributed by atoms with Crippen LogP contribution in [-0.4, -0.2) is 34.6 Å². The number of piperidine rings is 1. The van der Waals surface area contributed by atoms with E-state index in [1.54, 1.807) is 13.0 Å². The van der Waals surface area contributed by atoms with Crippen LogP contribution < -0.4 is 5.32 Å². The second kappa shape index (κ2) is 6.07. The molecule has 0 spiro atoms. The SMILES string of the molecule is CC(=O)OC(C)c1ccc2c(c1)C(=O)N(C1CCC(=O)NC1=O)C2. The highest BCUT2D eigenvalue weighted by atomic mass is 16.5. The summed E-state index contributed by atoms with van der Waals surface area (Å²) in [5.41, 5.74) is 2.06. The smallest absolute Gasteiger partial charge is 0.303 e.